The van der Waals surface area contributed by atoms with Gasteiger partial charge in [0, 0.05) is 6.42 Å². The highest BCUT2D eigenvalue weighted by atomic mass is 16.6. The van der Waals surface area contributed by atoms with Crippen LogP contribution in [0.2, 0.25) is 0 Å². The van der Waals surface area contributed by atoms with Gasteiger partial charge < -0.3 is 14.6 Å². The summed E-state index contributed by atoms with van der Waals surface area (Å²) < 4.78 is 5.26. The van der Waals surface area contributed by atoms with E-state index in [1.807, 2.05) is 13.8 Å². The summed E-state index contributed by atoms with van der Waals surface area (Å²) in [7, 11) is 0. The molecule has 1 rings (SSSR count). The van der Waals surface area contributed by atoms with Crippen molar-refractivity contribution >= 4 is 6.29 Å². The minimum atomic E-state index is -0.634. The second kappa shape index (κ2) is 2.91. The first kappa shape index (κ1) is 8.68. The quantitative estimate of drug-likeness (QED) is 0.479. The molecule has 3 atom stereocenters. The lowest BCUT2D eigenvalue weighted by Crippen LogP contribution is -2.29. The van der Waals surface area contributed by atoms with E-state index in [4.69, 9.17) is 4.74 Å². The van der Waals surface area contributed by atoms with Crippen LogP contribution >= 0.6 is 0 Å². The molecule has 0 radical (unpaired) electrons. The van der Waals surface area contributed by atoms with Gasteiger partial charge in [0.2, 0.25) is 0 Å². The van der Waals surface area contributed by atoms with Crippen molar-refractivity contribution in [3.63, 3.8) is 0 Å². The molecule has 0 amide bonds. The Hall–Kier alpha value is -0.410. The molecule has 1 aliphatic rings. The molecule has 0 aromatic carbocycles. The Labute approximate surface area is 66.4 Å². The molecule has 2 unspecified atom stereocenters. The zero-order valence-electron chi connectivity index (χ0n) is 6.91. The highest BCUT2D eigenvalue weighted by Gasteiger charge is 2.55. The number of aldehydes is 1. The van der Waals surface area contributed by atoms with Gasteiger partial charge in [-0.05, 0) is 13.3 Å². The van der Waals surface area contributed by atoms with Crippen molar-refractivity contribution in [1.29, 1.82) is 0 Å². The fourth-order valence-corrected chi connectivity index (χ4v) is 1.38. The monoisotopic (exact) mass is 158 g/mol. The normalized spacial score (nSPS) is 38.3. The molecule has 1 heterocycles. The Bertz CT molecular complexity index is 157. The molecule has 11 heavy (non-hydrogen) atoms. The van der Waals surface area contributed by atoms with Crippen molar-refractivity contribution in [3.05, 3.63) is 0 Å². The number of carbonyl (C=O) groups excluding carboxylic acids is 1. The van der Waals surface area contributed by atoms with E-state index in [-0.39, 0.29) is 12.5 Å². The van der Waals surface area contributed by atoms with Crippen molar-refractivity contribution in [2.75, 3.05) is 0 Å². The predicted molar refractivity (Wildman–Crippen MR) is 40.3 cm³/mol. The van der Waals surface area contributed by atoms with Crippen LogP contribution in [0, 0.1) is 0 Å². The molecular formula is C8H14O3. The van der Waals surface area contributed by atoms with Crippen molar-refractivity contribution in [3.8, 4) is 0 Å². The van der Waals surface area contributed by atoms with E-state index in [1.54, 1.807) is 0 Å². The van der Waals surface area contributed by atoms with Gasteiger partial charge in [0.1, 0.15) is 11.9 Å². The van der Waals surface area contributed by atoms with E-state index in [9.17, 15) is 9.90 Å². The summed E-state index contributed by atoms with van der Waals surface area (Å²) in [6.45, 7) is 3.85. The van der Waals surface area contributed by atoms with Crippen molar-refractivity contribution in [1.82, 2.24) is 0 Å². The van der Waals surface area contributed by atoms with Crippen molar-refractivity contribution in [2.24, 2.45) is 0 Å². The smallest absolute Gasteiger partial charge is 0.122 e. The van der Waals surface area contributed by atoms with E-state index in [1.165, 1.54) is 0 Å². The fraction of sp³-hybridized carbons (Fsp3) is 0.875. The minimum absolute atomic E-state index is 0.137. The number of carbonyl (C=O) groups is 1. The third kappa shape index (κ3) is 1.44. The number of ether oxygens (including phenoxy) is 1. The third-order valence-electron chi connectivity index (χ3n) is 2.33. The molecular weight excluding hydrogens is 144 g/mol. The Morgan fingerprint density at radius 1 is 1.82 bits per heavy atom. The van der Waals surface area contributed by atoms with Crippen molar-refractivity contribution < 1.29 is 14.6 Å². The average Bonchev–Trinajstić information content (AvgIpc) is 2.64. The summed E-state index contributed by atoms with van der Waals surface area (Å²) in [6.07, 6.45) is 1.30. The van der Waals surface area contributed by atoms with Gasteiger partial charge in [-0.25, -0.2) is 0 Å². The molecule has 3 nitrogen and oxygen atoms in total. The molecule has 0 bridgehead atoms. The van der Waals surface area contributed by atoms with Crippen LogP contribution in [-0.2, 0) is 9.53 Å². The molecule has 0 aliphatic carbocycles. The summed E-state index contributed by atoms with van der Waals surface area (Å²) in [6, 6.07) is 0. The molecule has 3 heteroatoms. The maximum absolute atomic E-state index is 10.1. The first-order chi connectivity index (χ1) is 5.15. The Kier molecular flexibility index (Phi) is 2.30. The first-order valence-corrected chi connectivity index (χ1v) is 3.94. The minimum Gasteiger partial charge on any atom is -0.390 e. The van der Waals surface area contributed by atoms with E-state index in [0.717, 1.165) is 12.7 Å². The number of rotatable bonds is 4. The van der Waals surface area contributed by atoms with Crippen LogP contribution in [0.3, 0.4) is 0 Å². The van der Waals surface area contributed by atoms with Crippen LogP contribution in [0.5, 0.6) is 0 Å². The van der Waals surface area contributed by atoms with Gasteiger partial charge in [-0.2, -0.15) is 0 Å². The lowest BCUT2D eigenvalue weighted by atomic mass is 9.97. The second-order valence-corrected chi connectivity index (χ2v) is 3.12. The van der Waals surface area contributed by atoms with Gasteiger partial charge in [0.15, 0.2) is 0 Å². The van der Waals surface area contributed by atoms with Crippen LogP contribution in [0.1, 0.15) is 26.7 Å². The zero-order valence-corrected chi connectivity index (χ0v) is 6.91. The Morgan fingerprint density at radius 3 is 2.82 bits per heavy atom. The molecule has 0 aromatic rings. The largest absolute Gasteiger partial charge is 0.390 e. The first-order valence-electron chi connectivity index (χ1n) is 3.94. The van der Waals surface area contributed by atoms with Gasteiger partial charge in [-0.3, -0.25) is 0 Å². The van der Waals surface area contributed by atoms with Crippen LogP contribution in [-0.4, -0.2) is 29.2 Å². The molecule has 64 valence electrons. The van der Waals surface area contributed by atoms with Gasteiger partial charge in [0.05, 0.1) is 12.2 Å². The van der Waals surface area contributed by atoms with Gasteiger partial charge in [0.25, 0.3) is 0 Å². The third-order valence-corrected chi connectivity index (χ3v) is 2.33. The molecule has 1 fully saturated rings. The summed E-state index contributed by atoms with van der Waals surface area (Å²) in [5.74, 6) is 0. The molecule has 1 saturated heterocycles. The maximum Gasteiger partial charge on any atom is 0.122 e. The van der Waals surface area contributed by atoms with Crippen LogP contribution in [0.15, 0.2) is 0 Å². The number of hydrogen-bond donors (Lipinski definition) is 1. The second-order valence-electron chi connectivity index (χ2n) is 3.12. The summed E-state index contributed by atoms with van der Waals surface area (Å²) in [5.41, 5.74) is -0.449. The predicted octanol–water partition coefficient (Wildman–Crippen LogP) is 0.504. The van der Waals surface area contributed by atoms with Crippen LogP contribution < -0.4 is 0 Å². The number of aliphatic hydroxyl groups is 1. The molecule has 0 saturated carbocycles. The topological polar surface area (TPSA) is 49.8 Å². The molecule has 0 spiro atoms. The van der Waals surface area contributed by atoms with E-state index in [2.05, 4.69) is 0 Å². The van der Waals surface area contributed by atoms with Gasteiger partial charge >= 0.3 is 0 Å². The average molecular weight is 158 g/mol. The van der Waals surface area contributed by atoms with E-state index >= 15 is 0 Å². The standard InChI is InChI=1S/C8H14O3/c1-3-7-8(2,11-7)6(10)4-5-9/h5-7,10H,3-4H2,1-2H3/t6-,7?,8?/m1/s1. The Balaban J connectivity index is 2.41. The van der Waals surface area contributed by atoms with Crippen LogP contribution in [0.4, 0.5) is 0 Å². The van der Waals surface area contributed by atoms with E-state index < -0.39 is 11.7 Å². The van der Waals surface area contributed by atoms with Gasteiger partial charge in [-0.15, -0.1) is 0 Å². The summed E-state index contributed by atoms with van der Waals surface area (Å²) in [5, 5.41) is 9.39. The molecule has 1 N–H and O–H groups in total. The zero-order chi connectivity index (χ0) is 8.48. The number of epoxide rings is 1. The molecule has 1 aliphatic heterocycles. The SMILES string of the molecule is CCC1OC1(C)[C@H](O)CC=O. The van der Waals surface area contributed by atoms with E-state index in [0.29, 0.717) is 0 Å². The lowest BCUT2D eigenvalue weighted by molar-refractivity contribution is -0.110. The van der Waals surface area contributed by atoms with Crippen molar-refractivity contribution in [2.45, 2.75) is 44.5 Å². The summed E-state index contributed by atoms with van der Waals surface area (Å²) in [4.78, 5) is 10.1. The number of hydrogen-bond acceptors (Lipinski definition) is 3. The number of aliphatic hydroxyl groups excluding tert-OH is 1. The maximum atomic E-state index is 10.1. The van der Waals surface area contributed by atoms with Gasteiger partial charge in [-0.1, -0.05) is 6.92 Å². The lowest BCUT2D eigenvalue weighted by Gasteiger charge is -2.11. The highest BCUT2D eigenvalue weighted by Crippen LogP contribution is 2.41. The molecule has 0 aromatic heterocycles. The highest BCUT2D eigenvalue weighted by molar-refractivity contribution is 5.50. The fourth-order valence-electron chi connectivity index (χ4n) is 1.38. The Morgan fingerprint density at radius 2 is 2.45 bits per heavy atom. The summed E-state index contributed by atoms with van der Waals surface area (Å²) >= 11 is 0. The van der Waals surface area contributed by atoms with Crippen LogP contribution in [0.25, 0.3) is 0 Å².